The van der Waals surface area contributed by atoms with Gasteiger partial charge < -0.3 is 15.0 Å². The number of rotatable bonds is 9. The normalized spacial score (nSPS) is 10.9. The molecule has 0 atom stereocenters. The van der Waals surface area contributed by atoms with Crippen LogP contribution in [0.3, 0.4) is 0 Å². The minimum atomic E-state index is -0.463. The molecular weight excluding hydrogens is 350 g/mol. The standard InChI is InChI=1S/C23H27N3O2/c1-4-14-26(15-5-2)20-12-10-18(11-13-20)16-19(17-24)23(27)25-21-8-6-7-9-22(21)28-3/h6-13,16H,4-5,14-15H2,1-3H3,(H,25,27)/b19-16+. The van der Waals surface area contributed by atoms with Crippen LogP contribution < -0.4 is 15.0 Å². The number of hydrogen-bond donors (Lipinski definition) is 1. The molecule has 146 valence electrons. The van der Waals surface area contributed by atoms with E-state index in [9.17, 15) is 10.1 Å². The van der Waals surface area contributed by atoms with Gasteiger partial charge in [-0.05, 0) is 48.7 Å². The number of carbonyl (C=O) groups is 1. The summed E-state index contributed by atoms with van der Waals surface area (Å²) >= 11 is 0. The van der Waals surface area contributed by atoms with Crippen LogP contribution >= 0.6 is 0 Å². The largest absolute Gasteiger partial charge is 0.495 e. The monoisotopic (exact) mass is 377 g/mol. The zero-order valence-electron chi connectivity index (χ0n) is 16.7. The Bertz CT molecular complexity index is 845. The van der Waals surface area contributed by atoms with Crippen molar-refractivity contribution in [2.75, 3.05) is 30.4 Å². The average Bonchev–Trinajstić information content (AvgIpc) is 2.72. The third kappa shape index (κ3) is 5.62. The van der Waals surface area contributed by atoms with E-state index >= 15 is 0 Å². The summed E-state index contributed by atoms with van der Waals surface area (Å²) in [6.45, 7) is 6.35. The Morgan fingerprint density at radius 1 is 1.11 bits per heavy atom. The molecule has 2 aromatic rings. The lowest BCUT2D eigenvalue weighted by Crippen LogP contribution is -2.24. The van der Waals surface area contributed by atoms with Gasteiger partial charge in [-0.3, -0.25) is 4.79 Å². The number of carbonyl (C=O) groups excluding carboxylic acids is 1. The summed E-state index contributed by atoms with van der Waals surface area (Å²) in [6.07, 6.45) is 3.77. The predicted octanol–water partition coefficient (Wildman–Crippen LogP) is 4.87. The first kappa shape index (κ1) is 21.0. The van der Waals surface area contributed by atoms with Gasteiger partial charge in [0.25, 0.3) is 5.91 Å². The molecular formula is C23H27N3O2. The SMILES string of the molecule is CCCN(CCC)c1ccc(/C=C(\C#N)C(=O)Nc2ccccc2OC)cc1. The molecule has 0 unspecified atom stereocenters. The Balaban J connectivity index is 2.17. The number of nitrogens with one attached hydrogen (secondary N) is 1. The molecule has 2 aromatic carbocycles. The van der Waals surface area contributed by atoms with Crippen molar-refractivity contribution in [2.24, 2.45) is 0 Å². The molecule has 1 amide bonds. The van der Waals surface area contributed by atoms with Crippen LogP contribution in [0.1, 0.15) is 32.3 Å². The zero-order chi connectivity index (χ0) is 20.4. The second-order valence-electron chi connectivity index (χ2n) is 6.40. The third-order valence-electron chi connectivity index (χ3n) is 4.28. The van der Waals surface area contributed by atoms with E-state index in [-0.39, 0.29) is 5.57 Å². The van der Waals surface area contributed by atoms with Gasteiger partial charge in [0.15, 0.2) is 0 Å². The van der Waals surface area contributed by atoms with Crippen molar-refractivity contribution < 1.29 is 9.53 Å². The number of benzene rings is 2. The molecule has 0 heterocycles. The second kappa shape index (κ2) is 10.8. The van der Waals surface area contributed by atoms with E-state index in [0.717, 1.165) is 37.2 Å². The van der Waals surface area contributed by atoms with Gasteiger partial charge in [0, 0.05) is 18.8 Å². The van der Waals surface area contributed by atoms with Crippen LogP contribution in [-0.2, 0) is 4.79 Å². The van der Waals surface area contributed by atoms with E-state index in [4.69, 9.17) is 4.74 Å². The van der Waals surface area contributed by atoms with E-state index in [2.05, 4.69) is 24.1 Å². The van der Waals surface area contributed by atoms with E-state index in [0.29, 0.717) is 11.4 Å². The Morgan fingerprint density at radius 3 is 2.32 bits per heavy atom. The number of nitrogens with zero attached hydrogens (tertiary/aromatic N) is 2. The highest BCUT2D eigenvalue weighted by Gasteiger charge is 2.12. The molecule has 28 heavy (non-hydrogen) atoms. The zero-order valence-corrected chi connectivity index (χ0v) is 16.7. The van der Waals surface area contributed by atoms with E-state index < -0.39 is 5.91 Å². The molecule has 0 spiro atoms. The van der Waals surface area contributed by atoms with Crippen LogP contribution in [0.5, 0.6) is 5.75 Å². The summed E-state index contributed by atoms with van der Waals surface area (Å²) in [5, 5.41) is 12.2. The van der Waals surface area contributed by atoms with Gasteiger partial charge in [0.1, 0.15) is 17.4 Å². The third-order valence-corrected chi connectivity index (χ3v) is 4.28. The first-order valence-electron chi connectivity index (χ1n) is 9.54. The topological polar surface area (TPSA) is 65.4 Å². The molecule has 0 bridgehead atoms. The second-order valence-corrected chi connectivity index (χ2v) is 6.40. The van der Waals surface area contributed by atoms with Gasteiger partial charge >= 0.3 is 0 Å². The van der Waals surface area contributed by atoms with E-state index in [1.54, 1.807) is 24.3 Å². The van der Waals surface area contributed by atoms with Gasteiger partial charge in [-0.15, -0.1) is 0 Å². The lowest BCUT2D eigenvalue weighted by Gasteiger charge is -2.23. The number of amides is 1. The van der Waals surface area contributed by atoms with Crippen LogP contribution in [0.25, 0.3) is 6.08 Å². The summed E-state index contributed by atoms with van der Waals surface area (Å²) in [5.41, 5.74) is 2.53. The molecule has 5 heteroatoms. The van der Waals surface area contributed by atoms with Gasteiger partial charge in [-0.25, -0.2) is 0 Å². The van der Waals surface area contributed by atoms with Crippen molar-refractivity contribution in [3.05, 3.63) is 59.7 Å². The smallest absolute Gasteiger partial charge is 0.266 e. The molecule has 0 saturated carbocycles. The van der Waals surface area contributed by atoms with Gasteiger partial charge in [-0.1, -0.05) is 38.1 Å². The van der Waals surface area contributed by atoms with Crippen LogP contribution in [0.4, 0.5) is 11.4 Å². The fourth-order valence-corrected chi connectivity index (χ4v) is 2.94. The Hall–Kier alpha value is -3.26. The molecule has 0 saturated heterocycles. The Labute approximate surface area is 167 Å². The Kier molecular flexibility index (Phi) is 8.11. The van der Waals surface area contributed by atoms with E-state index in [1.165, 1.54) is 7.11 Å². The molecule has 0 radical (unpaired) electrons. The van der Waals surface area contributed by atoms with Crippen molar-refractivity contribution >= 4 is 23.4 Å². The van der Waals surface area contributed by atoms with Crippen LogP contribution in [-0.4, -0.2) is 26.1 Å². The van der Waals surface area contributed by atoms with Gasteiger partial charge in [0.05, 0.1) is 12.8 Å². The highest BCUT2D eigenvalue weighted by Crippen LogP contribution is 2.24. The molecule has 0 aliphatic carbocycles. The van der Waals surface area contributed by atoms with Gasteiger partial charge in [-0.2, -0.15) is 5.26 Å². The number of ether oxygens (including phenoxy) is 1. The fourth-order valence-electron chi connectivity index (χ4n) is 2.94. The van der Waals surface area contributed by atoms with Crippen molar-refractivity contribution in [1.82, 2.24) is 0 Å². The van der Waals surface area contributed by atoms with Crippen molar-refractivity contribution in [2.45, 2.75) is 26.7 Å². The Morgan fingerprint density at radius 2 is 1.75 bits per heavy atom. The lowest BCUT2D eigenvalue weighted by molar-refractivity contribution is -0.112. The maximum Gasteiger partial charge on any atom is 0.266 e. The minimum absolute atomic E-state index is 0.0395. The quantitative estimate of drug-likeness (QED) is 0.500. The average molecular weight is 377 g/mol. The highest BCUT2D eigenvalue weighted by molar-refractivity contribution is 6.10. The maximum absolute atomic E-state index is 12.5. The van der Waals surface area contributed by atoms with Gasteiger partial charge in [0.2, 0.25) is 0 Å². The summed E-state index contributed by atoms with van der Waals surface area (Å²) in [6, 6.07) is 17.0. The minimum Gasteiger partial charge on any atom is -0.495 e. The molecule has 0 fully saturated rings. The predicted molar refractivity (Wildman–Crippen MR) is 114 cm³/mol. The highest BCUT2D eigenvalue weighted by atomic mass is 16.5. The maximum atomic E-state index is 12.5. The van der Waals surface area contributed by atoms with Crippen LogP contribution in [0, 0.1) is 11.3 Å². The molecule has 5 nitrogen and oxygen atoms in total. The number of nitriles is 1. The molecule has 0 aromatic heterocycles. The molecule has 2 rings (SSSR count). The van der Waals surface area contributed by atoms with Crippen molar-refractivity contribution in [3.8, 4) is 11.8 Å². The first-order valence-corrected chi connectivity index (χ1v) is 9.54. The molecule has 1 N–H and O–H groups in total. The molecule has 0 aliphatic rings. The number of hydrogen-bond acceptors (Lipinski definition) is 4. The van der Waals surface area contributed by atoms with Crippen LogP contribution in [0.2, 0.25) is 0 Å². The molecule has 0 aliphatic heterocycles. The number of methoxy groups -OCH3 is 1. The fraction of sp³-hybridized carbons (Fsp3) is 0.304. The number of anilines is 2. The summed E-state index contributed by atoms with van der Waals surface area (Å²) < 4.78 is 5.23. The van der Waals surface area contributed by atoms with Crippen LogP contribution in [0.15, 0.2) is 54.1 Å². The van der Waals surface area contributed by atoms with E-state index in [1.807, 2.05) is 36.4 Å². The summed E-state index contributed by atoms with van der Waals surface area (Å²) in [7, 11) is 1.54. The summed E-state index contributed by atoms with van der Waals surface area (Å²) in [4.78, 5) is 14.8. The van der Waals surface area contributed by atoms with Crippen molar-refractivity contribution in [1.29, 1.82) is 5.26 Å². The first-order chi connectivity index (χ1) is 13.6. The number of para-hydroxylation sites is 2. The lowest BCUT2D eigenvalue weighted by atomic mass is 10.1. The van der Waals surface area contributed by atoms with Crippen molar-refractivity contribution in [3.63, 3.8) is 0 Å². The summed E-state index contributed by atoms with van der Waals surface area (Å²) in [5.74, 6) is 0.0825.